The molecule has 0 fully saturated rings. The van der Waals surface area contributed by atoms with Crippen LogP contribution in [0, 0.1) is 5.92 Å². The van der Waals surface area contributed by atoms with Gasteiger partial charge in [0.1, 0.15) is 0 Å². The first kappa shape index (κ1) is 7.54. The molecule has 0 spiro atoms. The number of nitrogens with zero attached hydrogens (tertiary/aromatic N) is 1. The Balaban J connectivity index is 2.71. The Hall–Kier alpha value is -0.570. The van der Waals surface area contributed by atoms with E-state index in [1.165, 1.54) is 0 Å². The fraction of sp³-hybridized carbons (Fsp3) is 0.857. The standard InChI is InChI=1S/C7H14N2O/c1-5(2)7(3)6(10)8-4-9-7/h4-6,10H,1-3H3,(H,8,9). The van der Waals surface area contributed by atoms with E-state index in [2.05, 4.69) is 24.2 Å². The fourth-order valence-corrected chi connectivity index (χ4v) is 0.941. The van der Waals surface area contributed by atoms with Crippen LogP contribution >= 0.6 is 0 Å². The van der Waals surface area contributed by atoms with Gasteiger partial charge in [-0.15, -0.1) is 0 Å². The van der Waals surface area contributed by atoms with Gasteiger partial charge in [0.05, 0.1) is 11.9 Å². The van der Waals surface area contributed by atoms with Crippen LogP contribution in [0.25, 0.3) is 0 Å². The van der Waals surface area contributed by atoms with Gasteiger partial charge in [0.25, 0.3) is 0 Å². The van der Waals surface area contributed by atoms with Crippen LogP contribution < -0.4 is 5.32 Å². The predicted molar refractivity (Wildman–Crippen MR) is 40.9 cm³/mol. The van der Waals surface area contributed by atoms with Crippen molar-refractivity contribution < 1.29 is 5.11 Å². The SMILES string of the molecule is CC(C)C1(C)NC=NC1O. The summed E-state index contributed by atoms with van der Waals surface area (Å²) in [7, 11) is 0. The number of aliphatic hydroxyl groups is 1. The van der Waals surface area contributed by atoms with Gasteiger partial charge in [-0.05, 0) is 12.8 Å². The largest absolute Gasteiger partial charge is 0.370 e. The smallest absolute Gasteiger partial charge is 0.169 e. The van der Waals surface area contributed by atoms with Crippen LogP contribution in [0.5, 0.6) is 0 Å². The van der Waals surface area contributed by atoms with Gasteiger partial charge in [-0.1, -0.05) is 13.8 Å². The summed E-state index contributed by atoms with van der Waals surface area (Å²) < 4.78 is 0. The van der Waals surface area contributed by atoms with E-state index in [0.29, 0.717) is 5.92 Å². The molecule has 1 aliphatic heterocycles. The van der Waals surface area contributed by atoms with Crippen molar-refractivity contribution in [3.63, 3.8) is 0 Å². The Morgan fingerprint density at radius 1 is 1.70 bits per heavy atom. The highest BCUT2D eigenvalue weighted by Gasteiger charge is 2.38. The Kier molecular flexibility index (Phi) is 1.68. The Bertz CT molecular complexity index is 156. The van der Waals surface area contributed by atoms with Crippen molar-refractivity contribution in [1.82, 2.24) is 5.32 Å². The van der Waals surface area contributed by atoms with E-state index in [1.54, 1.807) is 6.34 Å². The molecule has 2 atom stereocenters. The molecular weight excluding hydrogens is 128 g/mol. The van der Waals surface area contributed by atoms with Gasteiger partial charge >= 0.3 is 0 Å². The summed E-state index contributed by atoms with van der Waals surface area (Å²) in [4.78, 5) is 3.83. The zero-order chi connectivity index (χ0) is 7.78. The number of rotatable bonds is 1. The minimum atomic E-state index is -0.590. The van der Waals surface area contributed by atoms with Crippen LogP contribution in [0.15, 0.2) is 4.99 Å². The van der Waals surface area contributed by atoms with Crippen molar-refractivity contribution in [3.05, 3.63) is 0 Å². The predicted octanol–water partition coefficient (Wildman–Crippen LogP) is 0.351. The maximum absolute atomic E-state index is 9.36. The highest BCUT2D eigenvalue weighted by molar-refractivity contribution is 5.59. The lowest BCUT2D eigenvalue weighted by atomic mass is 9.88. The summed E-state index contributed by atoms with van der Waals surface area (Å²) in [5.74, 6) is 0.380. The molecule has 0 amide bonds. The van der Waals surface area contributed by atoms with Crippen LogP contribution in [0.4, 0.5) is 0 Å². The first-order valence-electron chi connectivity index (χ1n) is 3.55. The molecule has 1 aliphatic rings. The molecule has 0 saturated heterocycles. The first-order chi connectivity index (χ1) is 4.57. The minimum Gasteiger partial charge on any atom is -0.370 e. The van der Waals surface area contributed by atoms with Gasteiger partial charge in [0.2, 0.25) is 0 Å². The monoisotopic (exact) mass is 142 g/mol. The topological polar surface area (TPSA) is 44.6 Å². The van der Waals surface area contributed by atoms with Crippen molar-refractivity contribution >= 4 is 6.34 Å². The molecule has 0 aromatic carbocycles. The van der Waals surface area contributed by atoms with Crippen LogP contribution in [0.1, 0.15) is 20.8 Å². The second-order valence-electron chi connectivity index (χ2n) is 3.23. The quantitative estimate of drug-likeness (QED) is 0.555. The zero-order valence-corrected chi connectivity index (χ0v) is 6.63. The van der Waals surface area contributed by atoms with E-state index in [0.717, 1.165) is 0 Å². The normalized spacial score (nSPS) is 38.7. The number of aliphatic hydroxyl groups excluding tert-OH is 1. The third-order valence-corrected chi connectivity index (χ3v) is 2.33. The summed E-state index contributed by atoms with van der Waals surface area (Å²) in [5, 5.41) is 12.4. The van der Waals surface area contributed by atoms with Crippen molar-refractivity contribution in [1.29, 1.82) is 0 Å². The van der Waals surface area contributed by atoms with Crippen molar-refractivity contribution in [2.24, 2.45) is 10.9 Å². The third kappa shape index (κ3) is 0.904. The lowest BCUT2D eigenvalue weighted by molar-refractivity contribution is 0.0749. The van der Waals surface area contributed by atoms with Crippen LogP contribution in [-0.2, 0) is 0 Å². The Morgan fingerprint density at radius 3 is 2.50 bits per heavy atom. The molecule has 0 aliphatic carbocycles. The number of hydrogen-bond acceptors (Lipinski definition) is 3. The summed E-state index contributed by atoms with van der Waals surface area (Å²) in [6.45, 7) is 6.09. The van der Waals surface area contributed by atoms with Gasteiger partial charge < -0.3 is 10.4 Å². The summed E-state index contributed by atoms with van der Waals surface area (Å²) in [6, 6.07) is 0. The fourth-order valence-electron chi connectivity index (χ4n) is 0.941. The molecule has 3 heteroatoms. The van der Waals surface area contributed by atoms with Gasteiger partial charge in [0, 0.05) is 0 Å². The summed E-state index contributed by atoms with van der Waals surface area (Å²) in [6.07, 6.45) is 0.984. The molecule has 10 heavy (non-hydrogen) atoms. The molecule has 3 nitrogen and oxygen atoms in total. The molecule has 58 valence electrons. The van der Waals surface area contributed by atoms with Crippen molar-refractivity contribution in [2.75, 3.05) is 0 Å². The van der Waals surface area contributed by atoms with Gasteiger partial charge in [-0.3, -0.25) is 0 Å². The highest BCUT2D eigenvalue weighted by Crippen LogP contribution is 2.23. The first-order valence-corrected chi connectivity index (χ1v) is 3.55. The van der Waals surface area contributed by atoms with E-state index in [4.69, 9.17) is 0 Å². The van der Waals surface area contributed by atoms with E-state index < -0.39 is 6.23 Å². The summed E-state index contributed by atoms with van der Waals surface area (Å²) in [5.41, 5.74) is -0.264. The van der Waals surface area contributed by atoms with E-state index in [9.17, 15) is 5.11 Å². The maximum Gasteiger partial charge on any atom is 0.169 e. The number of aliphatic imine (C=N–C) groups is 1. The molecule has 0 radical (unpaired) electrons. The Labute approximate surface area is 61.2 Å². The molecule has 0 saturated carbocycles. The minimum absolute atomic E-state index is 0.264. The van der Waals surface area contributed by atoms with E-state index in [-0.39, 0.29) is 5.54 Å². The number of nitrogens with one attached hydrogen (secondary N) is 1. The van der Waals surface area contributed by atoms with Crippen LogP contribution in [0.2, 0.25) is 0 Å². The second kappa shape index (κ2) is 2.23. The van der Waals surface area contributed by atoms with E-state index >= 15 is 0 Å². The van der Waals surface area contributed by atoms with Gasteiger partial charge in [0.15, 0.2) is 6.23 Å². The van der Waals surface area contributed by atoms with Gasteiger partial charge in [-0.2, -0.15) is 0 Å². The molecule has 2 N–H and O–H groups in total. The van der Waals surface area contributed by atoms with E-state index in [1.807, 2.05) is 6.92 Å². The van der Waals surface area contributed by atoms with Gasteiger partial charge in [-0.25, -0.2) is 4.99 Å². The average molecular weight is 142 g/mol. The zero-order valence-electron chi connectivity index (χ0n) is 6.63. The maximum atomic E-state index is 9.36. The average Bonchev–Trinajstić information content (AvgIpc) is 2.15. The molecule has 0 bridgehead atoms. The molecule has 0 aromatic rings. The molecule has 0 aromatic heterocycles. The molecule has 1 rings (SSSR count). The van der Waals surface area contributed by atoms with Crippen molar-refractivity contribution in [3.8, 4) is 0 Å². The molecule has 2 unspecified atom stereocenters. The second-order valence-corrected chi connectivity index (χ2v) is 3.23. The lowest BCUT2D eigenvalue weighted by Crippen LogP contribution is -2.50. The van der Waals surface area contributed by atoms with Crippen LogP contribution in [-0.4, -0.2) is 23.2 Å². The third-order valence-electron chi connectivity index (χ3n) is 2.33. The van der Waals surface area contributed by atoms with Crippen LogP contribution in [0.3, 0.4) is 0 Å². The highest BCUT2D eigenvalue weighted by atomic mass is 16.3. The lowest BCUT2D eigenvalue weighted by Gasteiger charge is -2.31. The van der Waals surface area contributed by atoms with Crippen molar-refractivity contribution in [2.45, 2.75) is 32.5 Å². The number of hydrogen-bond donors (Lipinski definition) is 2. The molecule has 1 heterocycles. The molecular formula is C7H14N2O. The Morgan fingerprint density at radius 2 is 2.30 bits per heavy atom. The summed E-state index contributed by atoms with van der Waals surface area (Å²) >= 11 is 0.